The first kappa shape index (κ1) is 13.3. The van der Waals surface area contributed by atoms with Gasteiger partial charge >= 0.3 is 0 Å². The van der Waals surface area contributed by atoms with Crippen LogP contribution in [0.3, 0.4) is 0 Å². The van der Waals surface area contributed by atoms with Gasteiger partial charge in [-0.1, -0.05) is 18.2 Å². The number of hydrogen-bond acceptors (Lipinski definition) is 3. The van der Waals surface area contributed by atoms with Gasteiger partial charge in [0.2, 0.25) is 5.91 Å². The third kappa shape index (κ3) is 2.84. The molecule has 0 saturated carbocycles. The minimum absolute atomic E-state index is 0.113. The summed E-state index contributed by atoms with van der Waals surface area (Å²) in [6.07, 6.45) is 1.18. The van der Waals surface area contributed by atoms with E-state index in [-0.39, 0.29) is 5.91 Å². The molecule has 100 valence electrons. The molecule has 1 aromatic rings. The second-order valence-electron chi connectivity index (χ2n) is 4.57. The van der Waals surface area contributed by atoms with E-state index >= 15 is 0 Å². The average molecular weight is 257 g/mol. The van der Waals surface area contributed by atoms with Crippen LogP contribution in [0.25, 0.3) is 0 Å². The van der Waals surface area contributed by atoms with Gasteiger partial charge in [-0.05, 0) is 32.4 Å². The highest BCUT2D eigenvalue weighted by Gasteiger charge is 2.27. The average Bonchev–Trinajstić information content (AvgIpc) is 2.40. The van der Waals surface area contributed by atoms with E-state index in [9.17, 15) is 4.79 Å². The van der Waals surface area contributed by atoms with Crippen LogP contribution in [0.2, 0.25) is 0 Å². The van der Waals surface area contributed by atoms with Crippen molar-refractivity contribution in [3.8, 4) is 0 Å². The Balaban J connectivity index is 2.48. The molecule has 0 bridgehead atoms. The minimum atomic E-state index is 0.113. The Kier molecular flexibility index (Phi) is 4.00. The van der Waals surface area contributed by atoms with Crippen molar-refractivity contribution in [2.75, 3.05) is 6.54 Å². The van der Waals surface area contributed by atoms with Crippen LogP contribution in [0.5, 0.6) is 0 Å². The summed E-state index contributed by atoms with van der Waals surface area (Å²) >= 11 is 0. The van der Waals surface area contributed by atoms with Crippen molar-refractivity contribution in [1.29, 1.82) is 0 Å². The lowest BCUT2D eigenvalue weighted by molar-refractivity contribution is -0.127. The number of allylic oxidation sites excluding steroid dienone is 1. The van der Waals surface area contributed by atoms with Crippen LogP contribution in [0.1, 0.15) is 26.7 Å². The molecule has 1 amide bonds. The third-order valence-corrected chi connectivity index (χ3v) is 3.20. The van der Waals surface area contributed by atoms with E-state index in [1.807, 2.05) is 44.2 Å². The zero-order valence-corrected chi connectivity index (χ0v) is 11.4. The first-order chi connectivity index (χ1) is 9.13. The van der Waals surface area contributed by atoms with Crippen molar-refractivity contribution in [2.45, 2.75) is 26.7 Å². The molecule has 0 radical (unpaired) electrons. The van der Waals surface area contributed by atoms with Crippen LogP contribution in [0, 0.1) is 0 Å². The third-order valence-electron chi connectivity index (χ3n) is 3.20. The van der Waals surface area contributed by atoms with Gasteiger partial charge in [0.25, 0.3) is 0 Å². The molecule has 0 atom stereocenters. The topological polar surface area (TPSA) is 58.7 Å². The van der Waals surface area contributed by atoms with E-state index < -0.39 is 0 Å². The first-order valence-corrected chi connectivity index (χ1v) is 6.53. The van der Waals surface area contributed by atoms with Gasteiger partial charge in [-0.25, -0.2) is 4.99 Å². The highest BCUT2D eigenvalue weighted by molar-refractivity contribution is 6.11. The van der Waals surface area contributed by atoms with Gasteiger partial charge in [0.05, 0.1) is 5.69 Å². The molecule has 19 heavy (non-hydrogen) atoms. The summed E-state index contributed by atoms with van der Waals surface area (Å²) in [5, 5.41) is 0. The van der Waals surface area contributed by atoms with Gasteiger partial charge in [-0.2, -0.15) is 0 Å². The van der Waals surface area contributed by atoms with E-state index in [2.05, 4.69) is 4.99 Å². The fraction of sp³-hybridized carbons (Fsp3) is 0.333. The number of rotatable bonds is 2. The summed E-state index contributed by atoms with van der Waals surface area (Å²) in [6.45, 7) is 4.42. The van der Waals surface area contributed by atoms with E-state index in [1.54, 1.807) is 4.90 Å². The zero-order valence-electron chi connectivity index (χ0n) is 11.4. The summed E-state index contributed by atoms with van der Waals surface area (Å²) in [5.74, 6) is 0.812. The maximum atomic E-state index is 12.0. The fourth-order valence-electron chi connectivity index (χ4n) is 2.21. The molecule has 4 nitrogen and oxygen atoms in total. The number of carbonyl (C=O) groups excluding carboxylic acids is 1. The smallest absolute Gasteiger partial charge is 0.228 e. The number of aliphatic imine (C=N–C) groups is 1. The van der Waals surface area contributed by atoms with Crippen LogP contribution in [-0.4, -0.2) is 23.2 Å². The van der Waals surface area contributed by atoms with Crippen LogP contribution in [0.4, 0.5) is 5.69 Å². The van der Waals surface area contributed by atoms with Crippen molar-refractivity contribution in [2.24, 2.45) is 10.7 Å². The summed E-state index contributed by atoms with van der Waals surface area (Å²) in [7, 11) is 0. The lowest BCUT2D eigenvalue weighted by atomic mass is 10.0. The molecule has 0 unspecified atom stereocenters. The number of amidine groups is 1. The van der Waals surface area contributed by atoms with Crippen molar-refractivity contribution in [1.82, 2.24) is 4.90 Å². The summed E-state index contributed by atoms with van der Waals surface area (Å²) in [4.78, 5) is 18.3. The number of hydrogen-bond donors (Lipinski definition) is 1. The second kappa shape index (κ2) is 5.69. The van der Waals surface area contributed by atoms with Gasteiger partial charge < -0.3 is 5.73 Å². The summed E-state index contributed by atoms with van der Waals surface area (Å²) < 4.78 is 0. The maximum Gasteiger partial charge on any atom is 0.228 e. The van der Waals surface area contributed by atoms with Crippen LogP contribution in [-0.2, 0) is 4.79 Å². The van der Waals surface area contributed by atoms with Crippen LogP contribution >= 0.6 is 0 Å². The molecule has 1 heterocycles. The summed E-state index contributed by atoms with van der Waals surface area (Å²) in [5.41, 5.74) is 8.49. The number of nitrogens with two attached hydrogens (primary N) is 1. The van der Waals surface area contributed by atoms with E-state index in [0.29, 0.717) is 25.2 Å². The second-order valence-corrected chi connectivity index (χ2v) is 4.57. The number of benzene rings is 1. The van der Waals surface area contributed by atoms with Crippen molar-refractivity contribution in [3.63, 3.8) is 0 Å². The SMILES string of the molecule is CCN1C(=O)CC/C(=C(\C)N)C1=Nc1ccccc1. The Labute approximate surface area is 113 Å². The van der Waals surface area contributed by atoms with Gasteiger partial charge in [0, 0.05) is 24.2 Å². The zero-order chi connectivity index (χ0) is 13.8. The van der Waals surface area contributed by atoms with Gasteiger partial charge in [0.1, 0.15) is 5.84 Å². The minimum Gasteiger partial charge on any atom is -0.402 e. The fourth-order valence-corrected chi connectivity index (χ4v) is 2.21. The van der Waals surface area contributed by atoms with E-state index in [4.69, 9.17) is 5.73 Å². The Bertz CT molecular complexity index is 528. The number of nitrogens with zero attached hydrogens (tertiary/aromatic N) is 2. The number of likely N-dealkylation sites (N-methyl/N-ethyl adjacent to an activating group) is 1. The first-order valence-electron chi connectivity index (χ1n) is 6.53. The predicted molar refractivity (Wildman–Crippen MR) is 77.0 cm³/mol. The molecule has 2 rings (SSSR count). The molecule has 1 aliphatic heterocycles. The van der Waals surface area contributed by atoms with Crippen molar-refractivity contribution < 1.29 is 4.79 Å². The number of para-hydroxylation sites is 1. The molecule has 1 aliphatic rings. The number of carbonyl (C=O) groups is 1. The lowest BCUT2D eigenvalue weighted by Gasteiger charge is -2.30. The normalized spacial score (nSPS) is 20.8. The molecule has 0 spiro atoms. The number of piperidine rings is 1. The Morgan fingerprint density at radius 1 is 1.32 bits per heavy atom. The van der Waals surface area contributed by atoms with Crippen molar-refractivity contribution in [3.05, 3.63) is 41.6 Å². The van der Waals surface area contributed by atoms with E-state index in [0.717, 1.165) is 17.0 Å². The quantitative estimate of drug-likeness (QED) is 0.885. The maximum absolute atomic E-state index is 12.0. The molecular formula is C15H19N3O. The largest absolute Gasteiger partial charge is 0.402 e. The molecule has 0 aliphatic carbocycles. The molecule has 1 saturated heterocycles. The number of likely N-dealkylation sites (tertiary alicyclic amines) is 1. The standard InChI is InChI=1S/C15H19N3O/c1-3-18-14(19)10-9-13(11(2)16)15(18)17-12-7-5-4-6-8-12/h4-8H,3,9-10,16H2,1-2H3/b13-11-,17-15?. The predicted octanol–water partition coefficient (Wildman–Crippen LogP) is 2.59. The van der Waals surface area contributed by atoms with E-state index in [1.165, 1.54) is 0 Å². The van der Waals surface area contributed by atoms with Gasteiger partial charge in [-0.3, -0.25) is 9.69 Å². The van der Waals surface area contributed by atoms with Gasteiger partial charge in [0.15, 0.2) is 0 Å². The Morgan fingerprint density at radius 3 is 2.58 bits per heavy atom. The molecule has 1 fully saturated rings. The number of amides is 1. The molecule has 0 aromatic heterocycles. The molecule has 2 N–H and O–H groups in total. The highest BCUT2D eigenvalue weighted by atomic mass is 16.2. The van der Waals surface area contributed by atoms with Crippen molar-refractivity contribution >= 4 is 17.4 Å². The van der Waals surface area contributed by atoms with Crippen LogP contribution in [0.15, 0.2) is 46.6 Å². The monoisotopic (exact) mass is 257 g/mol. The lowest BCUT2D eigenvalue weighted by Crippen LogP contribution is -2.42. The highest BCUT2D eigenvalue weighted by Crippen LogP contribution is 2.24. The molecule has 1 aromatic carbocycles. The Hall–Kier alpha value is -2.10. The molecule has 4 heteroatoms. The summed E-state index contributed by atoms with van der Waals surface area (Å²) in [6, 6.07) is 9.64. The molecular weight excluding hydrogens is 238 g/mol. The van der Waals surface area contributed by atoms with Crippen LogP contribution < -0.4 is 5.73 Å². The van der Waals surface area contributed by atoms with Gasteiger partial charge in [-0.15, -0.1) is 0 Å². The Morgan fingerprint density at radius 2 is 2.00 bits per heavy atom.